The standard InChI is InChI=1S/C17H17N3OS2/c1-2-9-18-15(21)11-23-17-12-6-3-4-7-13(12)19-16(20-17)14-8-5-10-22-14/h3-8,10H,2,9,11H2,1H3,(H,18,21). The molecule has 1 N–H and O–H groups in total. The topological polar surface area (TPSA) is 54.9 Å². The fourth-order valence-corrected chi connectivity index (χ4v) is 3.63. The van der Waals surface area contributed by atoms with Crippen molar-refractivity contribution in [3.8, 4) is 10.7 Å². The van der Waals surface area contributed by atoms with Gasteiger partial charge in [-0.1, -0.05) is 43.0 Å². The molecule has 0 spiro atoms. The summed E-state index contributed by atoms with van der Waals surface area (Å²) in [5.41, 5.74) is 0.905. The molecule has 0 saturated carbocycles. The summed E-state index contributed by atoms with van der Waals surface area (Å²) in [6.07, 6.45) is 0.940. The number of para-hydroxylation sites is 1. The van der Waals surface area contributed by atoms with E-state index in [1.54, 1.807) is 11.3 Å². The lowest BCUT2D eigenvalue weighted by atomic mass is 10.2. The van der Waals surface area contributed by atoms with Gasteiger partial charge in [-0.3, -0.25) is 4.79 Å². The highest BCUT2D eigenvalue weighted by Gasteiger charge is 2.12. The largest absolute Gasteiger partial charge is 0.355 e. The molecule has 3 aromatic rings. The molecule has 0 unspecified atom stereocenters. The second kappa shape index (κ2) is 7.57. The lowest BCUT2D eigenvalue weighted by molar-refractivity contribution is -0.118. The highest BCUT2D eigenvalue weighted by atomic mass is 32.2. The molecule has 0 aliphatic carbocycles. The van der Waals surface area contributed by atoms with Gasteiger partial charge in [0, 0.05) is 11.9 Å². The van der Waals surface area contributed by atoms with Crippen molar-refractivity contribution in [3.05, 3.63) is 41.8 Å². The maximum Gasteiger partial charge on any atom is 0.230 e. The molecular formula is C17H17N3OS2. The Bertz CT molecular complexity index is 803. The van der Waals surface area contributed by atoms with Gasteiger partial charge < -0.3 is 5.32 Å². The Hall–Kier alpha value is -1.92. The smallest absolute Gasteiger partial charge is 0.230 e. The van der Waals surface area contributed by atoms with Crippen LogP contribution in [-0.2, 0) is 4.79 Å². The average molecular weight is 343 g/mol. The fraction of sp³-hybridized carbons (Fsp3) is 0.235. The number of hydrogen-bond donors (Lipinski definition) is 1. The van der Waals surface area contributed by atoms with Crippen LogP contribution in [0.4, 0.5) is 0 Å². The van der Waals surface area contributed by atoms with Crippen LogP contribution < -0.4 is 5.32 Å². The van der Waals surface area contributed by atoms with E-state index >= 15 is 0 Å². The van der Waals surface area contributed by atoms with Crippen molar-refractivity contribution in [2.75, 3.05) is 12.3 Å². The first kappa shape index (κ1) is 16.0. The molecule has 3 rings (SSSR count). The molecule has 2 aromatic heterocycles. The zero-order valence-electron chi connectivity index (χ0n) is 12.8. The predicted molar refractivity (Wildman–Crippen MR) is 96.9 cm³/mol. The Kier molecular flexibility index (Phi) is 5.25. The number of carbonyl (C=O) groups is 1. The molecule has 1 aromatic carbocycles. The SMILES string of the molecule is CCCNC(=O)CSc1nc(-c2cccs2)nc2ccccc12. The summed E-state index contributed by atoms with van der Waals surface area (Å²) in [5, 5.41) is 6.74. The first-order valence-corrected chi connectivity index (χ1v) is 9.34. The lowest BCUT2D eigenvalue weighted by Crippen LogP contribution is -2.25. The van der Waals surface area contributed by atoms with Gasteiger partial charge in [0.25, 0.3) is 0 Å². The van der Waals surface area contributed by atoms with E-state index in [4.69, 9.17) is 0 Å². The number of amides is 1. The van der Waals surface area contributed by atoms with Gasteiger partial charge in [-0.2, -0.15) is 0 Å². The molecule has 118 valence electrons. The fourth-order valence-electron chi connectivity index (χ4n) is 2.12. The number of fused-ring (bicyclic) bond motifs is 1. The van der Waals surface area contributed by atoms with Gasteiger partial charge in [0.05, 0.1) is 16.1 Å². The summed E-state index contributed by atoms with van der Waals surface area (Å²) in [6, 6.07) is 11.9. The maximum absolute atomic E-state index is 11.9. The molecule has 2 heterocycles. The van der Waals surface area contributed by atoms with Crippen molar-refractivity contribution in [2.24, 2.45) is 0 Å². The van der Waals surface area contributed by atoms with Gasteiger partial charge in [0.2, 0.25) is 5.91 Å². The Morgan fingerprint density at radius 2 is 2.09 bits per heavy atom. The van der Waals surface area contributed by atoms with Crippen molar-refractivity contribution < 1.29 is 4.79 Å². The Morgan fingerprint density at radius 1 is 1.22 bits per heavy atom. The van der Waals surface area contributed by atoms with E-state index in [2.05, 4.69) is 15.3 Å². The molecule has 0 fully saturated rings. The molecule has 1 amide bonds. The van der Waals surface area contributed by atoms with Gasteiger partial charge in [0.1, 0.15) is 5.03 Å². The summed E-state index contributed by atoms with van der Waals surface area (Å²) >= 11 is 3.08. The van der Waals surface area contributed by atoms with Crippen LogP contribution in [0.2, 0.25) is 0 Å². The van der Waals surface area contributed by atoms with E-state index in [0.717, 1.165) is 33.1 Å². The van der Waals surface area contributed by atoms with Crippen LogP contribution in [0.15, 0.2) is 46.8 Å². The van der Waals surface area contributed by atoms with Crippen LogP contribution in [-0.4, -0.2) is 28.2 Å². The maximum atomic E-state index is 11.9. The third-order valence-electron chi connectivity index (χ3n) is 3.22. The van der Waals surface area contributed by atoms with Crippen LogP contribution in [0, 0.1) is 0 Å². The molecule has 4 nitrogen and oxygen atoms in total. The summed E-state index contributed by atoms with van der Waals surface area (Å²) in [6.45, 7) is 2.75. The van der Waals surface area contributed by atoms with Gasteiger partial charge in [0.15, 0.2) is 5.82 Å². The van der Waals surface area contributed by atoms with Gasteiger partial charge >= 0.3 is 0 Å². The van der Waals surface area contributed by atoms with Crippen molar-refractivity contribution in [3.63, 3.8) is 0 Å². The lowest BCUT2D eigenvalue weighted by Gasteiger charge is -2.08. The second-order valence-electron chi connectivity index (χ2n) is 4.99. The van der Waals surface area contributed by atoms with Crippen LogP contribution in [0.1, 0.15) is 13.3 Å². The molecule has 0 radical (unpaired) electrons. The number of thiophene rings is 1. The zero-order valence-corrected chi connectivity index (χ0v) is 14.4. The summed E-state index contributed by atoms with van der Waals surface area (Å²) < 4.78 is 0. The summed E-state index contributed by atoms with van der Waals surface area (Å²) in [7, 11) is 0. The Balaban J connectivity index is 1.90. The van der Waals surface area contributed by atoms with Gasteiger partial charge in [-0.05, 0) is 23.9 Å². The number of nitrogens with zero attached hydrogens (tertiary/aromatic N) is 2. The molecule has 0 atom stereocenters. The first-order chi connectivity index (χ1) is 11.3. The third-order valence-corrected chi connectivity index (χ3v) is 5.08. The molecular weight excluding hydrogens is 326 g/mol. The zero-order chi connectivity index (χ0) is 16.1. The van der Waals surface area contributed by atoms with Crippen molar-refractivity contribution in [2.45, 2.75) is 18.4 Å². The summed E-state index contributed by atoms with van der Waals surface area (Å²) in [4.78, 5) is 22.2. The molecule has 6 heteroatoms. The van der Waals surface area contributed by atoms with Crippen LogP contribution in [0.25, 0.3) is 21.6 Å². The molecule has 0 aliphatic rings. The second-order valence-corrected chi connectivity index (χ2v) is 6.90. The Labute approximate surface area is 143 Å². The number of benzene rings is 1. The third kappa shape index (κ3) is 3.89. The van der Waals surface area contributed by atoms with E-state index in [9.17, 15) is 4.79 Å². The monoisotopic (exact) mass is 343 g/mol. The van der Waals surface area contributed by atoms with E-state index < -0.39 is 0 Å². The minimum atomic E-state index is 0.0391. The molecule has 0 bridgehead atoms. The van der Waals surface area contributed by atoms with E-state index in [0.29, 0.717) is 12.3 Å². The number of nitrogens with one attached hydrogen (secondary N) is 1. The first-order valence-electron chi connectivity index (χ1n) is 7.48. The van der Waals surface area contributed by atoms with E-state index in [-0.39, 0.29) is 5.91 Å². The van der Waals surface area contributed by atoms with Crippen LogP contribution in [0.5, 0.6) is 0 Å². The minimum absolute atomic E-state index is 0.0391. The number of hydrogen-bond acceptors (Lipinski definition) is 5. The van der Waals surface area contributed by atoms with E-state index in [1.807, 2.05) is 48.7 Å². The Morgan fingerprint density at radius 3 is 2.87 bits per heavy atom. The minimum Gasteiger partial charge on any atom is -0.355 e. The highest BCUT2D eigenvalue weighted by molar-refractivity contribution is 8.00. The van der Waals surface area contributed by atoms with Gasteiger partial charge in [-0.25, -0.2) is 9.97 Å². The normalized spacial score (nSPS) is 10.8. The predicted octanol–water partition coefficient (Wildman–Crippen LogP) is 3.98. The van der Waals surface area contributed by atoms with Crippen molar-refractivity contribution in [1.82, 2.24) is 15.3 Å². The van der Waals surface area contributed by atoms with Gasteiger partial charge in [-0.15, -0.1) is 11.3 Å². The molecule has 0 saturated heterocycles. The van der Waals surface area contributed by atoms with Crippen molar-refractivity contribution in [1.29, 1.82) is 0 Å². The number of carbonyl (C=O) groups excluding carboxylic acids is 1. The number of aromatic nitrogens is 2. The highest BCUT2D eigenvalue weighted by Crippen LogP contribution is 2.29. The quantitative estimate of drug-likeness (QED) is 0.543. The van der Waals surface area contributed by atoms with Crippen LogP contribution in [0.3, 0.4) is 0 Å². The molecule has 0 aliphatic heterocycles. The van der Waals surface area contributed by atoms with Crippen LogP contribution >= 0.6 is 23.1 Å². The molecule has 23 heavy (non-hydrogen) atoms. The van der Waals surface area contributed by atoms with Crippen molar-refractivity contribution >= 4 is 39.9 Å². The average Bonchev–Trinajstić information content (AvgIpc) is 3.12. The number of rotatable bonds is 6. The van der Waals surface area contributed by atoms with E-state index in [1.165, 1.54) is 11.8 Å². The number of thioether (sulfide) groups is 1. The summed E-state index contributed by atoms with van der Waals surface area (Å²) in [5.74, 6) is 1.12.